The minimum Gasteiger partial charge on any atom is -0.484 e. The number of carbonyl (C=O) groups is 3. The molecule has 45 heavy (non-hydrogen) atoms. The number of hydrogen-bond donors (Lipinski definition) is 1. The number of benzene rings is 2. The monoisotopic (exact) mass is 620 g/mol. The van der Waals surface area contributed by atoms with Crippen LogP contribution in [0.2, 0.25) is 0 Å². The van der Waals surface area contributed by atoms with Crippen LogP contribution in [0.1, 0.15) is 55.4 Å². The van der Waals surface area contributed by atoms with Crippen LogP contribution < -0.4 is 15.0 Å². The highest BCUT2D eigenvalue weighted by atomic mass is 19.1. The highest BCUT2D eigenvalue weighted by Crippen LogP contribution is 2.33. The SMILES string of the molecule is CC(C)NC(=O)COc1cccc(-c2nccc(N(C(=O)OC(C)(C)C)c3cc4cnn(C(=O)OC(C)(C)C)c4cc3F)n2)c1. The predicted octanol–water partition coefficient (Wildman–Crippen LogP) is 6.39. The Bertz CT molecular complexity index is 1720. The Hall–Kier alpha value is -5.07. The first kappa shape index (κ1) is 32.8. The second-order valence-corrected chi connectivity index (χ2v) is 12.5. The van der Waals surface area contributed by atoms with Gasteiger partial charge in [0, 0.05) is 29.3 Å². The molecule has 0 aliphatic carbocycles. The summed E-state index contributed by atoms with van der Waals surface area (Å²) < 4.78 is 33.5. The van der Waals surface area contributed by atoms with Crippen molar-refractivity contribution in [3.05, 3.63) is 60.7 Å². The highest BCUT2D eigenvalue weighted by Gasteiger charge is 2.30. The van der Waals surface area contributed by atoms with Crippen LogP contribution in [0.15, 0.2) is 54.9 Å². The fraction of sp³-hybridized carbons (Fsp3) is 0.375. The standard InChI is InChI=1S/C32H37FN6O6/c1-19(2)36-27(40)18-43-22-11-9-10-20(14-22)28-34-13-12-26(37-28)38(29(41)44-31(3,4)5)25-15-21-17-35-39(24(21)16-23(25)33)30(42)45-32(6,7)8/h9-17,19H,18H2,1-8H3,(H,36,40). The van der Waals surface area contributed by atoms with E-state index < -0.39 is 29.2 Å². The van der Waals surface area contributed by atoms with Crippen molar-refractivity contribution in [3.63, 3.8) is 0 Å². The number of amides is 2. The van der Waals surface area contributed by atoms with Gasteiger partial charge in [0.2, 0.25) is 0 Å². The average molecular weight is 621 g/mol. The molecule has 0 radical (unpaired) electrons. The Kier molecular flexibility index (Phi) is 9.40. The molecule has 2 amide bonds. The molecule has 2 aromatic carbocycles. The molecule has 2 aromatic heterocycles. The molecule has 0 saturated carbocycles. The molecule has 0 aliphatic rings. The van der Waals surface area contributed by atoms with E-state index in [1.165, 1.54) is 24.5 Å². The Morgan fingerprint density at radius 3 is 2.38 bits per heavy atom. The minimum atomic E-state index is -0.916. The maximum Gasteiger partial charge on any atom is 0.435 e. The van der Waals surface area contributed by atoms with Crippen LogP contribution in [-0.4, -0.2) is 61.7 Å². The number of hydrogen-bond acceptors (Lipinski definition) is 9. The van der Waals surface area contributed by atoms with Gasteiger partial charge in [-0.2, -0.15) is 9.78 Å². The van der Waals surface area contributed by atoms with E-state index in [0.717, 1.165) is 15.6 Å². The first-order chi connectivity index (χ1) is 21.0. The molecule has 0 bridgehead atoms. The molecule has 0 aliphatic heterocycles. The largest absolute Gasteiger partial charge is 0.484 e. The molecule has 0 spiro atoms. The van der Waals surface area contributed by atoms with Gasteiger partial charge >= 0.3 is 12.2 Å². The van der Waals surface area contributed by atoms with Crippen LogP contribution in [0.5, 0.6) is 5.75 Å². The minimum absolute atomic E-state index is 0.0228. The number of nitrogens with one attached hydrogen (secondary N) is 1. The smallest absolute Gasteiger partial charge is 0.435 e. The number of aromatic nitrogens is 4. The lowest BCUT2D eigenvalue weighted by atomic mass is 10.2. The molecular weight excluding hydrogens is 583 g/mol. The molecule has 0 atom stereocenters. The molecule has 1 N–H and O–H groups in total. The van der Waals surface area contributed by atoms with Crippen molar-refractivity contribution in [2.45, 2.75) is 72.6 Å². The van der Waals surface area contributed by atoms with Gasteiger partial charge in [-0.3, -0.25) is 4.79 Å². The Balaban J connectivity index is 1.73. The van der Waals surface area contributed by atoms with Crippen molar-refractivity contribution < 1.29 is 33.0 Å². The van der Waals surface area contributed by atoms with Gasteiger partial charge in [0.15, 0.2) is 12.4 Å². The lowest BCUT2D eigenvalue weighted by Crippen LogP contribution is -2.35. The molecular formula is C32H37FN6O6. The van der Waals surface area contributed by atoms with Crippen LogP contribution in [-0.2, 0) is 14.3 Å². The van der Waals surface area contributed by atoms with Crippen LogP contribution in [0.4, 0.5) is 25.5 Å². The number of rotatable bonds is 7. The van der Waals surface area contributed by atoms with E-state index in [4.69, 9.17) is 14.2 Å². The van der Waals surface area contributed by atoms with E-state index >= 15 is 4.39 Å². The molecule has 0 saturated heterocycles. The van der Waals surface area contributed by atoms with E-state index in [2.05, 4.69) is 20.4 Å². The molecule has 2 heterocycles. The second-order valence-electron chi connectivity index (χ2n) is 12.5. The molecule has 238 valence electrons. The van der Waals surface area contributed by atoms with Crippen LogP contribution in [0, 0.1) is 5.82 Å². The van der Waals surface area contributed by atoms with Crippen LogP contribution in [0.25, 0.3) is 22.3 Å². The lowest BCUT2D eigenvalue weighted by Gasteiger charge is -2.27. The van der Waals surface area contributed by atoms with E-state index in [1.54, 1.807) is 65.8 Å². The third kappa shape index (κ3) is 8.52. The van der Waals surface area contributed by atoms with Crippen molar-refractivity contribution in [1.82, 2.24) is 25.1 Å². The van der Waals surface area contributed by atoms with Gasteiger partial charge < -0.3 is 19.5 Å². The lowest BCUT2D eigenvalue weighted by molar-refractivity contribution is -0.123. The maximum atomic E-state index is 15.9. The summed E-state index contributed by atoms with van der Waals surface area (Å²) in [6.45, 7) is 13.7. The molecule has 4 rings (SSSR count). The maximum absolute atomic E-state index is 15.9. The van der Waals surface area contributed by atoms with Crippen LogP contribution in [0.3, 0.4) is 0 Å². The molecule has 0 fully saturated rings. The Morgan fingerprint density at radius 2 is 1.71 bits per heavy atom. The van der Waals surface area contributed by atoms with Gasteiger partial charge in [0.05, 0.1) is 17.4 Å². The molecule has 13 heteroatoms. The van der Waals surface area contributed by atoms with Gasteiger partial charge in [-0.1, -0.05) is 12.1 Å². The normalized spacial score (nSPS) is 11.8. The first-order valence-corrected chi connectivity index (χ1v) is 14.3. The van der Waals surface area contributed by atoms with E-state index in [1.807, 2.05) is 13.8 Å². The predicted molar refractivity (Wildman–Crippen MR) is 166 cm³/mol. The summed E-state index contributed by atoms with van der Waals surface area (Å²) in [6, 6.07) is 10.7. The topological polar surface area (TPSA) is 138 Å². The van der Waals surface area contributed by atoms with Crippen molar-refractivity contribution in [1.29, 1.82) is 0 Å². The van der Waals surface area contributed by atoms with Crippen molar-refractivity contribution in [2.75, 3.05) is 11.5 Å². The van der Waals surface area contributed by atoms with E-state index in [9.17, 15) is 14.4 Å². The fourth-order valence-electron chi connectivity index (χ4n) is 4.13. The van der Waals surface area contributed by atoms with Gasteiger partial charge in [-0.25, -0.2) is 28.8 Å². The number of nitrogens with zero attached hydrogens (tertiary/aromatic N) is 5. The molecule has 4 aromatic rings. The third-order valence-electron chi connectivity index (χ3n) is 5.80. The second kappa shape index (κ2) is 12.9. The average Bonchev–Trinajstić information content (AvgIpc) is 3.33. The van der Waals surface area contributed by atoms with E-state index in [0.29, 0.717) is 16.7 Å². The summed E-state index contributed by atoms with van der Waals surface area (Å²) in [5, 5.41) is 7.20. The molecule has 0 unspecified atom stereocenters. The zero-order chi connectivity index (χ0) is 33.1. The van der Waals surface area contributed by atoms with Crippen LogP contribution >= 0.6 is 0 Å². The van der Waals surface area contributed by atoms with Crippen molar-refractivity contribution in [3.8, 4) is 17.1 Å². The number of fused-ring (bicyclic) bond motifs is 1. The summed E-state index contributed by atoms with van der Waals surface area (Å²) >= 11 is 0. The number of anilines is 2. The quantitative estimate of drug-likeness (QED) is 0.249. The summed E-state index contributed by atoms with van der Waals surface area (Å²) in [5.74, 6) is -0.471. The van der Waals surface area contributed by atoms with Gasteiger partial charge in [-0.15, -0.1) is 0 Å². The Morgan fingerprint density at radius 1 is 1.00 bits per heavy atom. The summed E-state index contributed by atoms with van der Waals surface area (Å²) in [4.78, 5) is 48.2. The third-order valence-corrected chi connectivity index (χ3v) is 5.80. The summed E-state index contributed by atoms with van der Waals surface area (Å²) in [6.07, 6.45) is 1.13. The molecule has 12 nitrogen and oxygen atoms in total. The zero-order valence-corrected chi connectivity index (χ0v) is 26.5. The number of carbonyl (C=O) groups excluding carboxylic acids is 3. The van der Waals surface area contributed by atoms with Crippen molar-refractivity contribution in [2.24, 2.45) is 0 Å². The van der Waals surface area contributed by atoms with Crippen molar-refractivity contribution >= 4 is 40.5 Å². The summed E-state index contributed by atoms with van der Waals surface area (Å²) in [7, 11) is 0. The van der Waals surface area contributed by atoms with Gasteiger partial charge in [0.25, 0.3) is 5.91 Å². The van der Waals surface area contributed by atoms with Gasteiger partial charge in [0.1, 0.15) is 28.6 Å². The summed E-state index contributed by atoms with van der Waals surface area (Å²) in [5.41, 5.74) is -1.21. The van der Waals surface area contributed by atoms with E-state index in [-0.39, 0.29) is 41.4 Å². The first-order valence-electron chi connectivity index (χ1n) is 14.3. The fourth-order valence-corrected chi connectivity index (χ4v) is 4.13. The van der Waals surface area contributed by atoms with Gasteiger partial charge in [-0.05, 0) is 79.7 Å². The zero-order valence-electron chi connectivity index (χ0n) is 26.5. The Labute approximate surface area is 260 Å². The highest BCUT2D eigenvalue weighted by molar-refractivity contribution is 5.99. The number of ether oxygens (including phenoxy) is 3. The number of halogens is 1.